The van der Waals surface area contributed by atoms with E-state index in [1.54, 1.807) is 11.0 Å². The summed E-state index contributed by atoms with van der Waals surface area (Å²) >= 11 is 0. The molecule has 1 aliphatic heterocycles. The van der Waals surface area contributed by atoms with Crippen LogP contribution in [0.5, 0.6) is 0 Å². The van der Waals surface area contributed by atoms with Crippen molar-refractivity contribution in [1.82, 2.24) is 4.90 Å². The highest BCUT2D eigenvalue weighted by molar-refractivity contribution is 5.96. The quantitative estimate of drug-likeness (QED) is 0.898. The van der Waals surface area contributed by atoms with Gasteiger partial charge in [-0.2, -0.15) is 0 Å². The van der Waals surface area contributed by atoms with Crippen LogP contribution in [0.2, 0.25) is 0 Å². The number of likely N-dealkylation sites (N-methyl/N-ethyl adjacent to an activating group) is 1. The molecule has 1 fully saturated rings. The number of hydrogen-bond donors (Lipinski definition) is 1. The molecule has 114 valence electrons. The average molecular weight is 291 g/mol. The number of nitrogens with zero attached hydrogens (tertiary/aromatic N) is 1. The second-order valence-electron chi connectivity index (χ2n) is 5.15. The van der Waals surface area contributed by atoms with Crippen LogP contribution >= 0.6 is 0 Å². The van der Waals surface area contributed by atoms with E-state index in [1.165, 1.54) is 0 Å². The Hall–Kier alpha value is -1.88. The summed E-state index contributed by atoms with van der Waals surface area (Å²) in [7, 11) is 0. The van der Waals surface area contributed by atoms with Gasteiger partial charge in [0.25, 0.3) is 5.91 Å². The van der Waals surface area contributed by atoms with E-state index < -0.39 is 17.9 Å². The van der Waals surface area contributed by atoms with E-state index in [0.717, 1.165) is 12.0 Å². The summed E-state index contributed by atoms with van der Waals surface area (Å²) in [5, 5.41) is 9.26. The first-order valence-electron chi connectivity index (χ1n) is 7.29. The van der Waals surface area contributed by atoms with Gasteiger partial charge < -0.3 is 14.7 Å². The topological polar surface area (TPSA) is 66.8 Å². The summed E-state index contributed by atoms with van der Waals surface area (Å²) in [6.07, 6.45) is 0.767. The van der Waals surface area contributed by atoms with Crippen LogP contribution in [0.1, 0.15) is 29.8 Å². The van der Waals surface area contributed by atoms with Crippen LogP contribution in [-0.2, 0) is 16.0 Å². The van der Waals surface area contributed by atoms with E-state index in [9.17, 15) is 14.7 Å². The van der Waals surface area contributed by atoms with Crippen LogP contribution in [0.4, 0.5) is 0 Å². The van der Waals surface area contributed by atoms with E-state index in [4.69, 9.17) is 4.74 Å². The lowest BCUT2D eigenvalue weighted by atomic mass is 9.99. The summed E-state index contributed by atoms with van der Waals surface area (Å²) in [5.74, 6) is -1.67. The Bertz CT molecular complexity index is 529. The van der Waals surface area contributed by atoms with Crippen LogP contribution in [0.25, 0.3) is 0 Å². The molecule has 0 spiro atoms. The molecule has 1 heterocycles. The molecule has 2 rings (SSSR count). The number of aryl methyl sites for hydroxylation is 1. The van der Waals surface area contributed by atoms with E-state index >= 15 is 0 Å². The van der Waals surface area contributed by atoms with Gasteiger partial charge in [0.2, 0.25) is 0 Å². The van der Waals surface area contributed by atoms with Crippen molar-refractivity contribution in [3.05, 3.63) is 35.4 Å². The van der Waals surface area contributed by atoms with Crippen molar-refractivity contribution in [2.75, 3.05) is 19.8 Å². The minimum absolute atomic E-state index is 0.114. The van der Waals surface area contributed by atoms with Gasteiger partial charge in [-0.1, -0.05) is 25.1 Å². The lowest BCUT2D eigenvalue weighted by molar-refractivity contribution is -0.142. The van der Waals surface area contributed by atoms with E-state index in [1.807, 2.05) is 32.0 Å². The fourth-order valence-corrected chi connectivity index (χ4v) is 2.81. The molecule has 1 N–H and O–H groups in total. The van der Waals surface area contributed by atoms with Gasteiger partial charge in [0.05, 0.1) is 19.3 Å². The average Bonchev–Trinajstić information content (AvgIpc) is 2.97. The molecule has 21 heavy (non-hydrogen) atoms. The third kappa shape index (κ3) is 3.08. The maximum Gasteiger partial charge on any atom is 0.311 e. The molecule has 1 aromatic carbocycles. The van der Waals surface area contributed by atoms with Gasteiger partial charge in [-0.25, -0.2) is 0 Å². The number of hydrogen-bond acceptors (Lipinski definition) is 3. The van der Waals surface area contributed by atoms with Crippen molar-refractivity contribution in [2.24, 2.45) is 5.92 Å². The van der Waals surface area contributed by atoms with Crippen molar-refractivity contribution in [3.8, 4) is 0 Å². The zero-order valence-electron chi connectivity index (χ0n) is 12.4. The molecular formula is C16H21NO4. The third-order valence-corrected chi connectivity index (χ3v) is 4.00. The Morgan fingerprint density at radius 3 is 2.62 bits per heavy atom. The molecule has 5 nitrogen and oxygen atoms in total. The summed E-state index contributed by atoms with van der Waals surface area (Å²) in [6.45, 7) is 4.78. The summed E-state index contributed by atoms with van der Waals surface area (Å²) in [6, 6.07) is 7.07. The van der Waals surface area contributed by atoms with Crippen molar-refractivity contribution in [1.29, 1.82) is 0 Å². The van der Waals surface area contributed by atoms with Gasteiger partial charge in [-0.3, -0.25) is 9.59 Å². The summed E-state index contributed by atoms with van der Waals surface area (Å²) in [4.78, 5) is 25.7. The number of amides is 1. The molecule has 0 saturated carbocycles. The Morgan fingerprint density at radius 1 is 1.29 bits per heavy atom. The molecule has 1 amide bonds. The molecule has 0 aliphatic carbocycles. The molecule has 1 aromatic rings. The number of carboxylic acids is 1. The first kappa shape index (κ1) is 15.5. The predicted molar refractivity (Wildman–Crippen MR) is 78.3 cm³/mol. The molecule has 2 unspecified atom stereocenters. The van der Waals surface area contributed by atoms with Crippen molar-refractivity contribution in [2.45, 2.75) is 26.3 Å². The fraction of sp³-hybridized carbons (Fsp3) is 0.500. The highest BCUT2D eigenvalue weighted by atomic mass is 16.5. The van der Waals surface area contributed by atoms with Crippen LogP contribution in [-0.4, -0.2) is 47.7 Å². The lowest BCUT2D eigenvalue weighted by Gasteiger charge is -2.30. The molecule has 0 bridgehead atoms. The van der Waals surface area contributed by atoms with Gasteiger partial charge in [-0.15, -0.1) is 0 Å². The minimum Gasteiger partial charge on any atom is -0.481 e. The maximum atomic E-state index is 12.8. The van der Waals surface area contributed by atoms with Crippen molar-refractivity contribution >= 4 is 11.9 Å². The lowest BCUT2D eigenvalue weighted by Crippen LogP contribution is -2.46. The monoisotopic (exact) mass is 291 g/mol. The van der Waals surface area contributed by atoms with E-state index in [-0.39, 0.29) is 19.1 Å². The van der Waals surface area contributed by atoms with Gasteiger partial charge in [-0.05, 0) is 25.0 Å². The Morgan fingerprint density at radius 2 is 2.00 bits per heavy atom. The minimum atomic E-state index is -0.910. The van der Waals surface area contributed by atoms with Gasteiger partial charge >= 0.3 is 5.97 Å². The van der Waals surface area contributed by atoms with Crippen LogP contribution in [0.15, 0.2) is 24.3 Å². The first-order valence-corrected chi connectivity index (χ1v) is 7.29. The zero-order valence-corrected chi connectivity index (χ0v) is 12.4. The standard InChI is InChI=1S/C16H21NO4/c1-3-11-7-5-6-8-12(11)15(18)17(4-2)14-10-21-9-13(14)16(19)20/h5-8,13-14H,3-4,9-10H2,1-2H3,(H,19,20). The molecular weight excluding hydrogens is 270 g/mol. The molecule has 0 aromatic heterocycles. The molecule has 5 heteroatoms. The van der Waals surface area contributed by atoms with Crippen LogP contribution < -0.4 is 0 Å². The van der Waals surface area contributed by atoms with Gasteiger partial charge in [0.15, 0.2) is 0 Å². The predicted octanol–water partition coefficient (Wildman–Crippen LogP) is 1.81. The number of ether oxygens (including phenoxy) is 1. The van der Waals surface area contributed by atoms with E-state index in [0.29, 0.717) is 12.1 Å². The number of carbonyl (C=O) groups is 2. The van der Waals surface area contributed by atoms with Crippen LogP contribution in [0, 0.1) is 5.92 Å². The number of carboxylic acid groups (broad SMARTS) is 1. The maximum absolute atomic E-state index is 12.8. The molecule has 2 atom stereocenters. The van der Waals surface area contributed by atoms with Gasteiger partial charge in [0, 0.05) is 12.1 Å². The highest BCUT2D eigenvalue weighted by Gasteiger charge is 2.39. The molecule has 1 saturated heterocycles. The SMILES string of the molecule is CCc1ccccc1C(=O)N(CC)C1COCC1C(=O)O. The van der Waals surface area contributed by atoms with Crippen LogP contribution in [0.3, 0.4) is 0 Å². The normalized spacial score (nSPS) is 21.2. The van der Waals surface area contributed by atoms with Crippen molar-refractivity contribution in [3.63, 3.8) is 0 Å². The Kier molecular flexibility index (Phi) is 4.96. The second-order valence-corrected chi connectivity index (χ2v) is 5.15. The summed E-state index contributed by atoms with van der Waals surface area (Å²) < 4.78 is 5.28. The fourth-order valence-electron chi connectivity index (χ4n) is 2.81. The number of rotatable bonds is 5. The summed E-state index contributed by atoms with van der Waals surface area (Å²) in [5.41, 5.74) is 1.63. The zero-order chi connectivity index (χ0) is 15.4. The largest absolute Gasteiger partial charge is 0.481 e. The molecule has 0 radical (unpaired) electrons. The number of benzene rings is 1. The Labute approximate surface area is 124 Å². The highest BCUT2D eigenvalue weighted by Crippen LogP contribution is 2.23. The Balaban J connectivity index is 2.28. The third-order valence-electron chi connectivity index (χ3n) is 4.00. The first-order chi connectivity index (χ1) is 10.1. The number of carbonyl (C=O) groups excluding carboxylic acids is 1. The van der Waals surface area contributed by atoms with Gasteiger partial charge in [0.1, 0.15) is 5.92 Å². The second kappa shape index (κ2) is 6.72. The smallest absolute Gasteiger partial charge is 0.311 e. The number of aliphatic carboxylic acids is 1. The molecule has 1 aliphatic rings. The van der Waals surface area contributed by atoms with Crippen molar-refractivity contribution < 1.29 is 19.4 Å². The van der Waals surface area contributed by atoms with E-state index in [2.05, 4.69) is 0 Å².